The summed E-state index contributed by atoms with van der Waals surface area (Å²) in [5.74, 6) is -0.891. The average molecular weight is 857 g/mol. The zero-order valence-corrected chi connectivity index (χ0v) is 40.7. The standard InChI is InChI=1S/C55H100O6/c1-4-7-10-13-16-19-22-25-27-30-32-35-38-41-44-47-53(56)59-50-52(61-55(58)49-46-43-40-37-34-29-24-21-18-15-12-9-6-3)51-60-54(57)48-45-42-39-36-33-31-28-26-23-20-17-14-11-8-5-2/h19,21-22,24,26,28,52H,4-18,20,23,25,27,29-51H2,1-3H3. The number of hydrogen-bond donors (Lipinski definition) is 0. The molecule has 0 amide bonds. The van der Waals surface area contributed by atoms with Crippen LogP contribution in [-0.2, 0) is 28.6 Å². The van der Waals surface area contributed by atoms with Gasteiger partial charge < -0.3 is 14.2 Å². The number of carbonyl (C=O) groups is 3. The molecule has 0 aliphatic heterocycles. The molecule has 0 saturated heterocycles. The molecule has 6 nitrogen and oxygen atoms in total. The van der Waals surface area contributed by atoms with Crippen molar-refractivity contribution in [2.75, 3.05) is 13.2 Å². The zero-order chi connectivity index (χ0) is 44.4. The predicted octanol–water partition coefficient (Wildman–Crippen LogP) is 17.3. The lowest BCUT2D eigenvalue weighted by Crippen LogP contribution is -2.30. The van der Waals surface area contributed by atoms with Crippen LogP contribution in [0.15, 0.2) is 36.5 Å². The van der Waals surface area contributed by atoms with Gasteiger partial charge in [0.2, 0.25) is 0 Å². The van der Waals surface area contributed by atoms with E-state index >= 15 is 0 Å². The van der Waals surface area contributed by atoms with Crippen molar-refractivity contribution in [1.29, 1.82) is 0 Å². The number of allylic oxidation sites excluding steroid dienone is 6. The molecule has 0 aliphatic carbocycles. The van der Waals surface area contributed by atoms with Crippen molar-refractivity contribution in [1.82, 2.24) is 0 Å². The predicted molar refractivity (Wildman–Crippen MR) is 261 cm³/mol. The number of unbranched alkanes of at least 4 members (excludes halogenated alkanes) is 31. The monoisotopic (exact) mass is 857 g/mol. The van der Waals surface area contributed by atoms with Crippen LogP contribution in [0.25, 0.3) is 0 Å². The van der Waals surface area contributed by atoms with Crippen molar-refractivity contribution in [3.8, 4) is 0 Å². The summed E-state index contributed by atoms with van der Waals surface area (Å²) < 4.78 is 16.8. The van der Waals surface area contributed by atoms with E-state index in [4.69, 9.17) is 14.2 Å². The molecule has 0 saturated carbocycles. The molecule has 0 radical (unpaired) electrons. The fourth-order valence-corrected chi connectivity index (χ4v) is 7.54. The van der Waals surface area contributed by atoms with Crippen LogP contribution in [-0.4, -0.2) is 37.2 Å². The molecule has 6 heteroatoms. The third-order valence-corrected chi connectivity index (χ3v) is 11.6. The molecule has 1 atom stereocenters. The van der Waals surface area contributed by atoms with E-state index in [2.05, 4.69) is 57.2 Å². The largest absolute Gasteiger partial charge is 0.462 e. The van der Waals surface area contributed by atoms with Gasteiger partial charge in [-0.2, -0.15) is 0 Å². The van der Waals surface area contributed by atoms with Crippen molar-refractivity contribution in [3.63, 3.8) is 0 Å². The van der Waals surface area contributed by atoms with Crippen LogP contribution in [0.5, 0.6) is 0 Å². The molecule has 61 heavy (non-hydrogen) atoms. The van der Waals surface area contributed by atoms with Gasteiger partial charge in [0.05, 0.1) is 0 Å². The summed E-state index contributed by atoms with van der Waals surface area (Å²) in [4.78, 5) is 38.0. The van der Waals surface area contributed by atoms with E-state index in [1.807, 2.05) is 0 Å². The maximum atomic E-state index is 12.8. The van der Waals surface area contributed by atoms with Crippen LogP contribution in [0.2, 0.25) is 0 Å². The van der Waals surface area contributed by atoms with Gasteiger partial charge in [0.15, 0.2) is 6.10 Å². The normalized spacial score (nSPS) is 12.2. The molecular formula is C55H100O6. The molecule has 0 rings (SSSR count). The highest BCUT2D eigenvalue weighted by atomic mass is 16.6. The lowest BCUT2D eigenvalue weighted by molar-refractivity contribution is -0.167. The van der Waals surface area contributed by atoms with Gasteiger partial charge in [0.1, 0.15) is 13.2 Å². The first-order valence-corrected chi connectivity index (χ1v) is 26.5. The molecule has 0 bridgehead atoms. The Kier molecular flexibility index (Phi) is 48.3. The summed E-state index contributed by atoms with van der Waals surface area (Å²) in [5, 5.41) is 0. The average Bonchev–Trinajstić information content (AvgIpc) is 3.26. The minimum absolute atomic E-state index is 0.0788. The number of carbonyl (C=O) groups excluding carboxylic acids is 3. The molecule has 0 aromatic heterocycles. The van der Waals surface area contributed by atoms with Gasteiger partial charge >= 0.3 is 17.9 Å². The second-order valence-corrected chi connectivity index (χ2v) is 17.8. The van der Waals surface area contributed by atoms with Crippen LogP contribution in [0.3, 0.4) is 0 Å². The Balaban J connectivity index is 4.38. The molecule has 0 fully saturated rings. The van der Waals surface area contributed by atoms with E-state index in [-0.39, 0.29) is 31.1 Å². The van der Waals surface area contributed by atoms with Gasteiger partial charge in [-0.25, -0.2) is 0 Å². The van der Waals surface area contributed by atoms with Gasteiger partial charge in [0.25, 0.3) is 0 Å². The van der Waals surface area contributed by atoms with Gasteiger partial charge in [0, 0.05) is 19.3 Å². The molecule has 0 spiro atoms. The third-order valence-electron chi connectivity index (χ3n) is 11.6. The number of ether oxygens (including phenoxy) is 3. The van der Waals surface area contributed by atoms with Crippen LogP contribution in [0.1, 0.15) is 278 Å². The summed E-state index contributed by atoms with van der Waals surface area (Å²) in [6.45, 7) is 6.61. The highest BCUT2D eigenvalue weighted by molar-refractivity contribution is 5.71. The van der Waals surface area contributed by atoms with Crippen molar-refractivity contribution in [3.05, 3.63) is 36.5 Å². The van der Waals surface area contributed by atoms with Crippen molar-refractivity contribution < 1.29 is 28.6 Å². The molecule has 0 aliphatic rings. The fourth-order valence-electron chi connectivity index (χ4n) is 7.54. The van der Waals surface area contributed by atoms with E-state index < -0.39 is 6.10 Å². The third kappa shape index (κ3) is 48.5. The van der Waals surface area contributed by atoms with E-state index in [1.165, 1.54) is 161 Å². The summed E-state index contributed by atoms with van der Waals surface area (Å²) in [5.41, 5.74) is 0. The minimum Gasteiger partial charge on any atom is -0.462 e. The highest BCUT2D eigenvalue weighted by Gasteiger charge is 2.19. The molecular weight excluding hydrogens is 757 g/mol. The van der Waals surface area contributed by atoms with Gasteiger partial charge in [-0.05, 0) is 96.3 Å². The summed E-state index contributed by atoms with van der Waals surface area (Å²) in [6, 6.07) is 0. The Labute approximate surface area is 378 Å². The van der Waals surface area contributed by atoms with Crippen LogP contribution < -0.4 is 0 Å². The number of rotatable bonds is 48. The second kappa shape index (κ2) is 50.3. The quantitative estimate of drug-likeness (QED) is 0.0262. The first kappa shape index (κ1) is 58.6. The van der Waals surface area contributed by atoms with Crippen molar-refractivity contribution >= 4 is 17.9 Å². The summed E-state index contributed by atoms with van der Waals surface area (Å²) in [7, 11) is 0. The lowest BCUT2D eigenvalue weighted by Gasteiger charge is -2.18. The SMILES string of the molecule is CCCCCCC=CCCCCCCCCCC(=O)OCC(COC(=O)CCCCCCCC=CCCCCCCCC)OC(=O)CCCCCCCC=CCCCCCC. The van der Waals surface area contributed by atoms with Crippen LogP contribution in [0.4, 0.5) is 0 Å². The van der Waals surface area contributed by atoms with E-state index in [0.717, 1.165) is 77.0 Å². The van der Waals surface area contributed by atoms with Crippen molar-refractivity contribution in [2.24, 2.45) is 0 Å². The van der Waals surface area contributed by atoms with E-state index in [0.29, 0.717) is 19.3 Å². The Hall–Kier alpha value is -2.37. The van der Waals surface area contributed by atoms with Gasteiger partial charge in [-0.15, -0.1) is 0 Å². The smallest absolute Gasteiger partial charge is 0.306 e. The first-order valence-electron chi connectivity index (χ1n) is 26.5. The van der Waals surface area contributed by atoms with Crippen LogP contribution >= 0.6 is 0 Å². The zero-order valence-electron chi connectivity index (χ0n) is 40.7. The van der Waals surface area contributed by atoms with E-state index in [1.54, 1.807) is 0 Å². The topological polar surface area (TPSA) is 78.9 Å². The highest BCUT2D eigenvalue weighted by Crippen LogP contribution is 2.15. The minimum atomic E-state index is -0.779. The van der Waals surface area contributed by atoms with Crippen molar-refractivity contribution in [2.45, 2.75) is 284 Å². The first-order chi connectivity index (χ1) is 30.0. The summed E-state index contributed by atoms with van der Waals surface area (Å²) >= 11 is 0. The molecule has 356 valence electrons. The van der Waals surface area contributed by atoms with Crippen LogP contribution in [0, 0.1) is 0 Å². The number of hydrogen-bond acceptors (Lipinski definition) is 6. The number of esters is 3. The van der Waals surface area contributed by atoms with Gasteiger partial charge in [-0.3, -0.25) is 14.4 Å². The Morgan fingerprint density at radius 3 is 0.836 bits per heavy atom. The maximum Gasteiger partial charge on any atom is 0.306 e. The molecule has 0 aromatic rings. The Morgan fingerprint density at radius 1 is 0.311 bits per heavy atom. The molecule has 0 heterocycles. The lowest BCUT2D eigenvalue weighted by atomic mass is 10.1. The maximum absolute atomic E-state index is 12.8. The Morgan fingerprint density at radius 2 is 0.541 bits per heavy atom. The fraction of sp³-hybridized carbons (Fsp3) is 0.836. The molecule has 0 aromatic carbocycles. The van der Waals surface area contributed by atoms with E-state index in [9.17, 15) is 14.4 Å². The Bertz CT molecular complexity index is 1030. The summed E-state index contributed by atoms with van der Waals surface area (Å²) in [6.07, 6.45) is 58.3. The van der Waals surface area contributed by atoms with Gasteiger partial charge in [-0.1, -0.05) is 198 Å². The molecule has 1 unspecified atom stereocenters. The molecule has 0 N–H and O–H groups in total. The second-order valence-electron chi connectivity index (χ2n) is 17.8.